The zero-order valence-electron chi connectivity index (χ0n) is 14.7. The van der Waals surface area contributed by atoms with Crippen molar-refractivity contribution in [1.82, 2.24) is 9.97 Å². The molecule has 0 saturated heterocycles. The van der Waals surface area contributed by atoms with Gasteiger partial charge >= 0.3 is 17.9 Å². The number of rotatable bonds is 5. The molecular weight excluding hydrogens is 364 g/mol. The minimum Gasteiger partial charge on any atom is -0.465 e. The molecule has 3 aromatic rings. The SMILES string of the molecule is COC(=O)c1cc(OC(=O)c2cccnc2)cc(OC(=O)c2cccnc2)c1. The van der Waals surface area contributed by atoms with Crippen LogP contribution in [0.25, 0.3) is 0 Å². The Labute approximate surface area is 159 Å². The molecule has 0 atom stereocenters. The van der Waals surface area contributed by atoms with Gasteiger partial charge in [0.05, 0.1) is 23.8 Å². The molecule has 0 unspecified atom stereocenters. The van der Waals surface area contributed by atoms with Crippen LogP contribution in [-0.4, -0.2) is 35.0 Å². The Morgan fingerprint density at radius 1 is 0.714 bits per heavy atom. The van der Waals surface area contributed by atoms with Gasteiger partial charge in [-0.15, -0.1) is 0 Å². The van der Waals surface area contributed by atoms with Crippen LogP contribution in [0.5, 0.6) is 11.5 Å². The molecule has 8 nitrogen and oxygen atoms in total. The summed E-state index contributed by atoms with van der Waals surface area (Å²) in [6, 6.07) is 10.2. The Morgan fingerprint density at radius 2 is 1.21 bits per heavy atom. The second-order valence-electron chi connectivity index (χ2n) is 5.45. The lowest BCUT2D eigenvalue weighted by Crippen LogP contribution is -2.12. The van der Waals surface area contributed by atoms with E-state index in [0.717, 1.165) is 0 Å². The molecule has 0 radical (unpaired) electrons. The van der Waals surface area contributed by atoms with Crippen LogP contribution in [-0.2, 0) is 4.74 Å². The van der Waals surface area contributed by atoms with Crippen LogP contribution in [0.2, 0.25) is 0 Å². The highest BCUT2D eigenvalue weighted by Crippen LogP contribution is 2.25. The minimum atomic E-state index is -0.682. The summed E-state index contributed by atoms with van der Waals surface area (Å²) in [7, 11) is 1.21. The summed E-state index contributed by atoms with van der Waals surface area (Å²) in [4.78, 5) is 44.1. The smallest absolute Gasteiger partial charge is 0.345 e. The summed E-state index contributed by atoms with van der Waals surface area (Å²) in [5.41, 5.74) is 0.493. The number of aromatic nitrogens is 2. The van der Waals surface area contributed by atoms with Crippen LogP contribution in [0.4, 0.5) is 0 Å². The molecule has 0 aliphatic heterocycles. The van der Waals surface area contributed by atoms with E-state index >= 15 is 0 Å². The zero-order chi connectivity index (χ0) is 19.9. The van der Waals surface area contributed by atoms with Gasteiger partial charge in [-0.2, -0.15) is 0 Å². The molecule has 8 heteroatoms. The van der Waals surface area contributed by atoms with Crippen LogP contribution in [0, 0.1) is 0 Å². The van der Waals surface area contributed by atoms with Crippen molar-refractivity contribution in [3.63, 3.8) is 0 Å². The first kappa shape index (κ1) is 18.7. The average Bonchev–Trinajstić information content (AvgIpc) is 2.74. The van der Waals surface area contributed by atoms with E-state index in [1.54, 1.807) is 12.1 Å². The molecule has 1 aromatic carbocycles. The molecule has 0 fully saturated rings. The Kier molecular flexibility index (Phi) is 5.71. The number of ether oxygens (including phenoxy) is 3. The molecule has 0 bridgehead atoms. The fourth-order valence-electron chi connectivity index (χ4n) is 2.22. The van der Waals surface area contributed by atoms with Crippen molar-refractivity contribution < 1.29 is 28.6 Å². The molecule has 0 N–H and O–H groups in total. The molecule has 0 aliphatic rings. The molecule has 0 amide bonds. The van der Waals surface area contributed by atoms with E-state index in [1.165, 1.54) is 62.2 Å². The number of nitrogens with zero attached hydrogens (tertiary/aromatic N) is 2. The maximum absolute atomic E-state index is 12.2. The maximum atomic E-state index is 12.2. The molecule has 2 heterocycles. The Morgan fingerprint density at radius 3 is 1.61 bits per heavy atom. The summed E-state index contributed by atoms with van der Waals surface area (Å²) in [6.07, 6.45) is 5.72. The predicted octanol–water partition coefficient (Wildman–Crippen LogP) is 2.70. The topological polar surface area (TPSA) is 105 Å². The second-order valence-corrected chi connectivity index (χ2v) is 5.45. The molecule has 3 rings (SSSR count). The normalized spacial score (nSPS) is 10.0. The quantitative estimate of drug-likeness (QED) is 0.493. The summed E-state index contributed by atoms with van der Waals surface area (Å²) < 4.78 is 15.2. The maximum Gasteiger partial charge on any atom is 0.345 e. The van der Waals surface area contributed by atoms with Gasteiger partial charge in [0.25, 0.3) is 0 Å². The van der Waals surface area contributed by atoms with Crippen LogP contribution in [0.15, 0.2) is 67.3 Å². The fourth-order valence-corrected chi connectivity index (χ4v) is 2.22. The third kappa shape index (κ3) is 4.55. The molecule has 0 aliphatic carbocycles. The van der Waals surface area contributed by atoms with E-state index in [2.05, 4.69) is 14.7 Å². The fraction of sp³-hybridized carbons (Fsp3) is 0.0500. The standard InChI is InChI=1S/C20H14N2O6/c1-26-18(23)15-8-16(27-19(24)13-4-2-6-21-11-13)10-17(9-15)28-20(25)14-5-3-7-22-12-14/h2-12H,1H3. The third-order valence-corrected chi connectivity index (χ3v) is 3.52. The average molecular weight is 378 g/mol. The van der Waals surface area contributed by atoms with Crippen molar-refractivity contribution in [3.8, 4) is 11.5 Å². The van der Waals surface area contributed by atoms with Crippen molar-refractivity contribution in [2.45, 2.75) is 0 Å². The molecule has 28 heavy (non-hydrogen) atoms. The van der Waals surface area contributed by atoms with Gasteiger partial charge in [-0.1, -0.05) is 0 Å². The lowest BCUT2D eigenvalue weighted by atomic mass is 10.2. The van der Waals surface area contributed by atoms with Crippen LogP contribution < -0.4 is 9.47 Å². The van der Waals surface area contributed by atoms with Gasteiger partial charge in [0.15, 0.2) is 0 Å². The molecule has 0 saturated carbocycles. The van der Waals surface area contributed by atoms with E-state index in [0.29, 0.717) is 0 Å². The van der Waals surface area contributed by atoms with E-state index in [-0.39, 0.29) is 28.2 Å². The first-order chi connectivity index (χ1) is 13.6. The molecular formula is C20H14N2O6. The predicted molar refractivity (Wildman–Crippen MR) is 96.2 cm³/mol. The van der Waals surface area contributed by atoms with Crippen molar-refractivity contribution >= 4 is 17.9 Å². The van der Waals surface area contributed by atoms with Gasteiger partial charge in [-0.05, 0) is 36.4 Å². The number of benzene rings is 1. The Bertz CT molecular complexity index is 934. The van der Waals surface area contributed by atoms with E-state index in [1.807, 2.05) is 0 Å². The Balaban J connectivity index is 1.87. The van der Waals surface area contributed by atoms with E-state index in [4.69, 9.17) is 9.47 Å². The second kappa shape index (κ2) is 8.54. The van der Waals surface area contributed by atoms with E-state index in [9.17, 15) is 14.4 Å². The first-order valence-electron chi connectivity index (χ1n) is 8.04. The van der Waals surface area contributed by atoms with Gasteiger partial charge in [0.2, 0.25) is 0 Å². The van der Waals surface area contributed by atoms with Crippen LogP contribution in [0.1, 0.15) is 31.1 Å². The van der Waals surface area contributed by atoms with E-state index < -0.39 is 17.9 Å². The number of esters is 3. The van der Waals surface area contributed by atoms with Gasteiger partial charge in [0.1, 0.15) is 11.5 Å². The lowest BCUT2D eigenvalue weighted by Gasteiger charge is -2.10. The highest BCUT2D eigenvalue weighted by molar-refractivity contribution is 5.94. The van der Waals surface area contributed by atoms with Crippen molar-refractivity contribution in [2.24, 2.45) is 0 Å². The number of hydrogen-bond donors (Lipinski definition) is 0. The molecule has 2 aromatic heterocycles. The summed E-state index contributed by atoms with van der Waals surface area (Å²) >= 11 is 0. The summed E-state index contributed by atoms with van der Waals surface area (Å²) in [5.74, 6) is -2.03. The number of pyridine rings is 2. The molecule has 0 spiro atoms. The van der Waals surface area contributed by atoms with Crippen LogP contribution in [0.3, 0.4) is 0 Å². The third-order valence-electron chi connectivity index (χ3n) is 3.52. The van der Waals surface area contributed by atoms with Gasteiger partial charge in [-0.25, -0.2) is 14.4 Å². The monoisotopic (exact) mass is 378 g/mol. The summed E-state index contributed by atoms with van der Waals surface area (Å²) in [5, 5.41) is 0. The van der Waals surface area contributed by atoms with Crippen molar-refractivity contribution in [3.05, 3.63) is 83.9 Å². The van der Waals surface area contributed by atoms with Gasteiger partial charge in [0, 0.05) is 30.9 Å². The Hall–Kier alpha value is -4.07. The number of carbonyl (C=O) groups is 3. The highest BCUT2D eigenvalue weighted by Gasteiger charge is 2.16. The van der Waals surface area contributed by atoms with Crippen molar-refractivity contribution in [1.29, 1.82) is 0 Å². The van der Waals surface area contributed by atoms with Crippen molar-refractivity contribution in [2.75, 3.05) is 7.11 Å². The summed E-state index contributed by atoms with van der Waals surface area (Å²) in [6.45, 7) is 0. The number of hydrogen-bond acceptors (Lipinski definition) is 8. The highest BCUT2D eigenvalue weighted by atomic mass is 16.5. The first-order valence-corrected chi connectivity index (χ1v) is 8.04. The number of methoxy groups -OCH3 is 1. The lowest BCUT2D eigenvalue weighted by molar-refractivity contribution is 0.0594. The largest absolute Gasteiger partial charge is 0.465 e. The number of carbonyl (C=O) groups excluding carboxylic acids is 3. The minimum absolute atomic E-state index is 0.00531. The van der Waals surface area contributed by atoms with Gasteiger partial charge < -0.3 is 14.2 Å². The van der Waals surface area contributed by atoms with Gasteiger partial charge in [-0.3, -0.25) is 9.97 Å². The van der Waals surface area contributed by atoms with Crippen LogP contribution >= 0.6 is 0 Å². The zero-order valence-corrected chi connectivity index (χ0v) is 14.7. The molecule has 140 valence electrons.